The van der Waals surface area contributed by atoms with E-state index in [2.05, 4.69) is 0 Å². The zero-order valence-electron chi connectivity index (χ0n) is 15.8. The topological polar surface area (TPSA) is 65.1 Å². The van der Waals surface area contributed by atoms with Crippen LogP contribution in [0.2, 0.25) is 0 Å². The van der Waals surface area contributed by atoms with E-state index in [9.17, 15) is 9.59 Å². The lowest BCUT2D eigenvalue weighted by Gasteiger charge is -2.16. The first-order chi connectivity index (χ1) is 13.6. The molecule has 0 saturated heterocycles. The normalized spacial score (nSPS) is 13.0. The van der Waals surface area contributed by atoms with E-state index in [1.165, 1.54) is 11.0 Å². The number of likely N-dealkylation sites (N-methyl/N-ethyl adjacent to an activating group) is 1. The monoisotopic (exact) mass is 381 g/mol. The van der Waals surface area contributed by atoms with Crippen molar-refractivity contribution < 1.29 is 23.8 Å². The highest BCUT2D eigenvalue weighted by Gasteiger charge is 2.12. The van der Waals surface area contributed by atoms with Gasteiger partial charge in [0.1, 0.15) is 0 Å². The third-order valence-corrected chi connectivity index (χ3v) is 4.21. The predicted octanol–water partition coefficient (Wildman–Crippen LogP) is 3.06. The van der Waals surface area contributed by atoms with Crippen molar-refractivity contribution in [2.75, 3.05) is 26.9 Å². The van der Waals surface area contributed by atoms with Gasteiger partial charge >= 0.3 is 5.97 Å². The molecule has 0 spiro atoms. The van der Waals surface area contributed by atoms with Gasteiger partial charge in [-0.2, -0.15) is 0 Å². The van der Waals surface area contributed by atoms with Gasteiger partial charge in [0, 0.05) is 26.1 Å². The molecule has 1 amide bonds. The fraction of sp³-hybridized carbons (Fsp3) is 0.273. The molecule has 0 unspecified atom stereocenters. The highest BCUT2D eigenvalue weighted by Crippen LogP contribution is 2.30. The summed E-state index contributed by atoms with van der Waals surface area (Å²) in [7, 11) is 1.68. The Hall–Kier alpha value is -3.28. The van der Waals surface area contributed by atoms with Crippen molar-refractivity contribution in [3.63, 3.8) is 0 Å². The zero-order chi connectivity index (χ0) is 19.8. The molecule has 2 aromatic carbocycles. The van der Waals surface area contributed by atoms with E-state index in [1.54, 1.807) is 13.1 Å². The molecule has 0 radical (unpaired) electrons. The van der Waals surface area contributed by atoms with Gasteiger partial charge in [-0.1, -0.05) is 36.4 Å². The third-order valence-electron chi connectivity index (χ3n) is 4.21. The smallest absolute Gasteiger partial charge is 0.331 e. The molecule has 0 fully saturated rings. The predicted molar refractivity (Wildman–Crippen MR) is 105 cm³/mol. The number of amides is 1. The molecule has 0 bridgehead atoms. The number of ether oxygens (including phenoxy) is 3. The number of nitrogens with zero attached hydrogens (tertiary/aromatic N) is 1. The SMILES string of the molecule is CN(Cc1ccccc1)C(=O)COC(=O)/C=C/c1ccc2c(c1)OCCCO2. The second-order valence-corrected chi connectivity index (χ2v) is 6.43. The van der Waals surface area contributed by atoms with Crippen molar-refractivity contribution in [2.45, 2.75) is 13.0 Å². The molecule has 3 rings (SSSR count). The molecule has 0 N–H and O–H groups in total. The molecule has 0 aromatic heterocycles. The van der Waals surface area contributed by atoms with Crippen LogP contribution in [0.3, 0.4) is 0 Å². The molecule has 146 valence electrons. The minimum Gasteiger partial charge on any atom is -0.490 e. The van der Waals surface area contributed by atoms with Crippen molar-refractivity contribution in [1.82, 2.24) is 4.90 Å². The Labute approximate surface area is 164 Å². The molecule has 1 aliphatic heterocycles. The Kier molecular flexibility index (Phi) is 6.68. The summed E-state index contributed by atoms with van der Waals surface area (Å²) in [5.74, 6) is 0.518. The van der Waals surface area contributed by atoms with Gasteiger partial charge in [0.25, 0.3) is 5.91 Å². The average Bonchev–Trinajstić information content (AvgIpc) is 2.96. The Balaban J connectivity index is 1.48. The molecule has 6 nitrogen and oxygen atoms in total. The molecule has 6 heteroatoms. The Morgan fingerprint density at radius 1 is 1.07 bits per heavy atom. The second kappa shape index (κ2) is 9.60. The molecular formula is C22H23NO5. The van der Waals surface area contributed by atoms with Crippen LogP contribution in [0, 0.1) is 0 Å². The van der Waals surface area contributed by atoms with Crippen LogP contribution in [-0.4, -0.2) is 43.6 Å². The van der Waals surface area contributed by atoms with E-state index in [-0.39, 0.29) is 12.5 Å². The van der Waals surface area contributed by atoms with E-state index < -0.39 is 5.97 Å². The van der Waals surface area contributed by atoms with Crippen molar-refractivity contribution in [1.29, 1.82) is 0 Å². The standard InChI is InChI=1S/C22H23NO5/c1-23(15-18-6-3-2-4-7-18)21(24)16-28-22(25)11-9-17-8-10-19-20(14-17)27-13-5-12-26-19/h2-4,6-11,14H,5,12-13,15-16H2,1H3/b11-9+. The molecule has 0 aliphatic carbocycles. The summed E-state index contributed by atoms with van der Waals surface area (Å²) in [5, 5.41) is 0. The first-order valence-corrected chi connectivity index (χ1v) is 9.14. The number of fused-ring (bicyclic) bond motifs is 1. The first-order valence-electron chi connectivity index (χ1n) is 9.14. The Bertz CT molecular complexity index is 847. The van der Waals surface area contributed by atoms with Gasteiger partial charge in [-0.25, -0.2) is 4.79 Å². The lowest BCUT2D eigenvalue weighted by Crippen LogP contribution is -2.30. The highest BCUT2D eigenvalue weighted by atomic mass is 16.5. The summed E-state index contributed by atoms with van der Waals surface area (Å²) in [6.45, 7) is 1.39. The third kappa shape index (κ3) is 5.61. The number of esters is 1. The summed E-state index contributed by atoms with van der Waals surface area (Å²) in [5.41, 5.74) is 1.80. The van der Waals surface area contributed by atoms with Crippen LogP contribution in [0.4, 0.5) is 0 Å². The fourth-order valence-electron chi connectivity index (χ4n) is 2.68. The number of carbonyl (C=O) groups is 2. The second-order valence-electron chi connectivity index (χ2n) is 6.43. The summed E-state index contributed by atoms with van der Waals surface area (Å²) in [6.07, 6.45) is 3.75. The maximum Gasteiger partial charge on any atom is 0.331 e. The lowest BCUT2D eigenvalue weighted by molar-refractivity contribution is -0.147. The number of hydrogen-bond donors (Lipinski definition) is 0. The van der Waals surface area contributed by atoms with Gasteiger partial charge in [-0.05, 0) is 29.3 Å². The molecule has 2 aromatic rings. The lowest BCUT2D eigenvalue weighted by atomic mass is 10.2. The first kappa shape index (κ1) is 19.5. The summed E-state index contributed by atoms with van der Waals surface area (Å²) in [4.78, 5) is 25.5. The number of benzene rings is 2. The molecule has 0 atom stereocenters. The van der Waals surface area contributed by atoms with Crippen LogP contribution in [0.5, 0.6) is 11.5 Å². The van der Waals surface area contributed by atoms with Gasteiger partial charge in [-0.15, -0.1) is 0 Å². The highest BCUT2D eigenvalue weighted by molar-refractivity contribution is 5.89. The van der Waals surface area contributed by atoms with Gasteiger partial charge < -0.3 is 19.1 Å². The molecule has 1 heterocycles. The maximum atomic E-state index is 12.1. The number of carbonyl (C=O) groups excluding carboxylic acids is 2. The number of rotatable bonds is 6. The van der Waals surface area contributed by atoms with E-state index in [0.29, 0.717) is 31.3 Å². The van der Waals surface area contributed by atoms with Crippen LogP contribution < -0.4 is 9.47 Å². The number of hydrogen-bond acceptors (Lipinski definition) is 5. The van der Waals surface area contributed by atoms with Gasteiger partial charge in [0.15, 0.2) is 18.1 Å². The molecule has 1 aliphatic rings. The summed E-state index contributed by atoms with van der Waals surface area (Å²) in [6, 6.07) is 15.1. The largest absolute Gasteiger partial charge is 0.490 e. The summed E-state index contributed by atoms with van der Waals surface area (Å²) >= 11 is 0. The maximum absolute atomic E-state index is 12.1. The quantitative estimate of drug-likeness (QED) is 0.568. The van der Waals surface area contributed by atoms with Gasteiger partial charge in [-0.3, -0.25) is 4.79 Å². The van der Waals surface area contributed by atoms with E-state index in [1.807, 2.05) is 48.5 Å². The van der Waals surface area contributed by atoms with Gasteiger partial charge in [0.2, 0.25) is 0 Å². The minimum atomic E-state index is -0.575. The van der Waals surface area contributed by atoms with Crippen LogP contribution in [0.25, 0.3) is 6.08 Å². The van der Waals surface area contributed by atoms with Crippen molar-refractivity contribution in [3.8, 4) is 11.5 Å². The van der Waals surface area contributed by atoms with Crippen LogP contribution in [0.1, 0.15) is 17.5 Å². The molecule has 28 heavy (non-hydrogen) atoms. The van der Waals surface area contributed by atoms with Crippen molar-refractivity contribution in [2.24, 2.45) is 0 Å². The summed E-state index contributed by atoms with van der Waals surface area (Å²) < 4.78 is 16.2. The van der Waals surface area contributed by atoms with Crippen molar-refractivity contribution >= 4 is 18.0 Å². The molecule has 0 saturated carbocycles. The van der Waals surface area contributed by atoms with E-state index in [4.69, 9.17) is 14.2 Å². The Morgan fingerprint density at radius 3 is 2.61 bits per heavy atom. The Morgan fingerprint density at radius 2 is 1.82 bits per heavy atom. The van der Waals surface area contributed by atoms with E-state index >= 15 is 0 Å². The average molecular weight is 381 g/mol. The minimum absolute atomic E-state index is 0.263. The fourth-order valence-corrected chi connectivity index (χ4v) is 2.68. The van der Waals surface area contributed by atoms with E-state index in [0.717, 1.165) is 17.5 Å². The van der Waals surface area contributed by atoms with Crippen LogP contribution in [-0.2, 0) is 20.9 Å². The van der Waals surface area contributed by atoms with Crippen LogP contribution >= 0.6 is 0 Å². The van der Waals surface area contributed by atoms with Crippen molar-refractivity contribution in [3.05, 3.63) is 65.7 Å². The van der Waals surface area contributed by atoms with Gasteiger partial charge in [0.05, 0.1) is 13.2 Å². The molecular weight excluding hydrogens is 358 g/mol. The zero-order valence-corrected chi connectivity index (χ0v) is 15.8. The van der Waals surface area contributed by atoms with Crippen LogP contribution in [0.15, 0.2) is 54.6 Å².